The van der Waals surface area contributed by atoms with E-state index in [9.17, 15) is 8.42 Å². The molecule has 0 fully saturated rings. The van der Waals surface area contributed by atoms with E-state index in [4.69, 9.17) is 0 Å². The van der Waals surface area contributed by atoms with Crippen LogP contribution in [-0.2, 0) is 10.0 Å². The summed E-state index contributed by atoms with van der Waals surface area (Å²) in [6.45, 7) is 6.29. The van der Waals surface area contributed by atoms with Crippen molar-refractivity contribution >= 4 is 10.0 Å². The van der Waals surface area contributed by atoms with Crippen molar-refractivity contribution in [1.29, 1.82) is 0 Å². The van der Waals surface area contributed by atoms with Gasteiger partial charge >= 0.3 is 0 Å². The average molecular weight is 217 g/mol. The molecular formula is C8H15N3O2S. The third-order valence-electron chi connectivity index (χ3n) is 1.58. The van der Waals surface area contributed by atoms with Gasteiger partial charge in [0.2, 0.25) is 10.0 Å². The van der Waals surface area contributed by atoms with Crippen molar-refractivity contribution in [2.45, 2.75) is 25.7 Å². The third-order valence-corrected chi connectivity index (χ3v) is 2.94. The van der Waals surface area contributed by atoms with Gasteiger partial charge in [-0.05, 0) is 5.41 Å². The second kappa shape index (κ2) is 3.70. The zero-order chi connectivity index (χ0) is 10.8. The van der Waals surface area contributed by atoms with Crippen LogP contribution in [0, 0.1) is 5.41 Å². The molecule has 1 rings (SSSR count). The summed E-state index contributed by atoms with van der Waals surface area (Å²) in [7, 11) is -3.39. The Labute approximate surface area is 84.0 Å². The zero-order valence-corrected chi connectivity index (χ0v) is 9.35. The molecule has 1 aromatic heterocycles. The molecule has 0 amide bonds. The van der Waals surface area contributed by atoms with E-state index in [0.717, 1.165) is 0 Å². The van der Waals surface area contributed by atoms with Gasteiger partial charge in [0.1, 0.15) is 4.90 Å². The Morgan fingerprint density at radius 2 is 2.14 bits per heavy atom. The lowest BCUT2D eigenvalue weighted by molar-refractivity contribution is 0.407. The quantitative estimate of drug-likeness (QED) is 0.784. The van der Waals surface area contributed by atoms with Crippen LogP contribution < -0.4 is 4.72 Å². The molecule has 0 aromatic carbocycles. The molecule has 1 aromatic rings. The van der Waals surface area contributed by atoms with E-state index in [0.29, 0.717) is 6.54 Å². The fraction of sp³-hybridized carbons (Fsp3) is 0.625. The smallest absolute Gasteiger partial charge is 0.243 e. The normalized spacial score (nSPS) is 13.1. The number of aromatic amines is 1. The predicted molar refractivity (Wildman–Crippen MR) is 53.2 cm³/mol. The molecule has 0 spiro atoms. The maximum Gasteiger partial charge on any atom is 0.243 e. The molecule has 0 aliphatic heterocycles. The highest BCUT2D eigenvalue weighted by atomic mass is 32.2. The van der Waals surface area contributed by atoms with Gasteiger partial charge in [-0.3, -0.25) is 5.10 Å². The molecule has 0 atom stereocenters. The molecule has 0 aliphatic rings. The first kappa shape index (κ1) is 11.2. The van der Waals surface area contributed by atoms with Gasteiger partial charge in [0, 0.05) is 12.7 Å². The summed E-state index contributed by atoms with van der Waals surface area (Å²) in [5, 5.41) is 6.05. The summed E-state index contributed by atoms with van der Waals surface area (Å²) in [5.41, 5.74) is -0.0726. The first-order valence-electron chi connectivity index (χ1n) is 4.30. The number of hydrogen-bond donors (Lipinski definition) is 2. The van der Waals surface area contributed by atoms with Gasteiger partial charge < -0.3 is 0 Å². The highest BCUT2D eigenvalue weighted by Crippen LogP contribution is 2.13. The Morgan fingerprint density at radius 1 is 1.50 bits per heavy atom. The van der Waals surface area contributed by atoms with Crippen LogP contribution in [-0.4, -0.2) is 25.2 Å². The van der Waals surface area contributed by atoms with E-state index in [1.165, 1.54) is 12.4 Å². The minimum absolute atomic E-state index is 0.0726. The first-order chi connectivity index (χ1) is 6.31. The lowest BCUT2D eigenvalue weighted by Crippen LogP contribution is -2.32. The molecule has 14 heavy (non-hydrogen) atoms. The van der Waals surface area contributed by atoms with E-state index >= 15 is 0 Å². The highest BCUT2D eigenvalue weighted by Gasteiger charge is 2.18. The van der Waals surface area contributed by atoms with Crippen molar-refractivity contribution < 1.29 is 8.42 Å². The van der Waals surface area contributed by atoms with E-state index in [2.05, 4.69) is 14.9 Å². The summed E-state index contributed by atoms with van der Waals surface area (Å²) >= 11 is 0. The third kappa shape index (κ3) is 3.12. The first-order valence-corrected chi connectivity index (χ1v) is 5.78. The van der Waals surface area contributed by atoms with Gasteiger partial charge in [-0.25, -0.2) is 13.1 Å². The van der Waals surface area contributed by atoms with Crippen molar-refractivity contribution in [3.63, 3.8) is 0 Å². The van der Waals surface area contributed by atoms with Crippen LogP contribution in [0.1, 0.15) is 20.8 Å². The summed E-state index contributed by atoms with van der Waals surface area (Å²) in [5.74, 6) is 0. The van der Waals surface area contributed by atoms with E-state index in [1.54, 1.807) is 0 Å². The lowest BCUT2D eigenvalue weighted by atomic mass is 9.98. The van der Waals surface area contributed by atoms with Crippen molar-refractivity contribution in [3.05, 3.63) is 12.4 Å². The summed E-state index contributed by atoms with van der Waals surface area (Å²) in [6, 6.07) is 0. The zero-order valence-electron chi connectivity index (χ0n) is 8.53. The number of nitrogens with one attached hydrogen (secondary N) is 2. The van der Waals surface area contributed by atoms with Crippen LogP contribution in [0.2, 0.25) is 0 Å². The number of aromatic nitrogens is 2. The molecule has 80 valence electrons. The van der Waals surface area contributed by atoms with E-state index in [1.807, 2.05) is 20.8 Å². The van der Waals surface area contributed by atoms with Crippen LogP contribution in [0.3, 0.4) is 0 Å². The SMILES string of the molecule is CC(C)(C)CNS(=O)(=O)c1cn[nH]c1. The summed E-state index contributed by atoms with van der Waals surface area (Å²) in [4.78, 5) is 0.168. The number of rotatable bonds is 3. The fourth-order valence-corrected chi connectivity index (χ4v) is 1.97. The van der Waals surface area contributed by atoms with Crippen molar-refractivity contribution in [1.82, 2.24) is 14.9 Å². The van der Waals surface area contributed by atoms with Crippen LogP contribution in [0.25, 0.3) is 0 Å². The van der Waals surface area contributed by atoms with Crippen molar-refractivity contribution in [2.75, 3.05) is 6.54 Å². The van der Waals surface area contributed by atoms with Gasteiger partial charge in [-0.2, -0.15) is 5.10 Å². The minimum Gasteiger partial charge on any atom is -0.284 e. The monoisotopic (exact) mass is 217 g/mol. The molecule has 0 radical (unpaired) electrons. The van der Waals surface area contributed by atoms with Gasteiger partial charge in [-0.15, -0.1) is 0 Å². The Bertz CT molecular complexity index is 375. The van der Waals surface area contributed by atoms with Crippen LogP contribution >= 0.6 is 0 Å². The Kier molecular flexibility index (Phi) is 2.96. The minimum atomic E-state index is -3.39. The molecule has 5 nitrogen and oxygen atoms in total. The van der Waals surface area contributed by atoms with Crippen LogP contribution in [0.15, 0.2) is 17.3 Å². The average Bonchev–Trinajstić information content (AvgIpc) is 2.52. The van der Waals surface area contributed by atoms with E-state index in [-0.39, 0.29) is 10.3 Å². The summed E-state index contributed by atoms with van der Waals surface area (Å²) in [6.07, 6.45) is 2.63. The molecule has 0 bridgehead atoms. The second-order valence-electron chi connectivity index (χ2n) is 4.32. The van der Waals surface area contributed by atoms with Crippen molar-refractivity contribution in [3.8, 4) is 0 Å². The fourth-order valence-electron chi connectivity index (χ4n) is 0.781. The van der Waals surface area contributed by atoms with Crippen LogP contribution in [0.5, 0.6) is 0 Å². The molecule has 6 heteroatoms. The second-order valence-corrected chi connectivity index (χ2v) is 6.09. The number of sulfonamides is 1. The Hall–Kier alpha value is -0.880. The van der Waals surface area contributed by atoms with E-state index < -0.39 is 10.0 Å². The molecular weight excluding hydrogens is 202 g/mol. The molecule has 0 aliphatic carbocycles. The van der Waals surface area contributed by atoms with Gasteiger partial charge in [-0.1, -0.05) is 20.8 Å². The van der Waals surface area contributed by atoms with Gasteiger partial charge in [0.15, 0.2) is 0 Å². The summed E-state index contributed by atoms with van der Waals surface area (Å²) < 4.78 is 25.7. The number of hydrogen-bond acceptors (Lipinski definition) is 3. The van der Waals surface area contributed by atoms with Gasteiger partial charge in [0.05, 0.1) is 6.20 Å². The predicted octanol–water partition coefficient (Wildman–Crippen LogP) is 0.734. The molecule has 0 saturated carbocycles. The number of H-pyrrole nitrogens is 1. The maximum atomic E-state index is 11.6. The standard InChI is InChI=1S/C8H15N3O2S/c1-8(2,3)6-11-14(12,13)7-4-9-10-5-7/h4-5,11H,6H2,1-3H3,(H,9,10). The molecule has 0 saturated heterocycles. The Morgan fingerprint density at radius 3 is 2.57 bits per heavy atom. The lowest BCUT2D eigenvalue weighted by Gasteiger charge is -2.18. The maximum absolute atomic E-state index is 11.6. The topological polar surface area (TPSA) is 74.8 Å². The van der Waals surface area contributed by atoms with Crippen molar-refractivity contribution in [2.24, 2.45) is 5.41 Å². The molecule has 1 heterocycles. The highest BCUT2D eigenvalue weighted by molar-refractivity contribution is 7.89. The van der Waals surface area contributed by atoms with Crippen LogP contribution in [0.4, 0.5) is 0 Å². The number of nitrogens with zero attached hydrogens (tertiary/aromatic N) is 1. The Balaban J connectivity index is 2.70. The molecule has 2 N–H and O–H groups in total. The van der Waals surface area contributed by atoms with Gasteiger partial charge in [0.25, 0.3) is 0 Å². The molecule has 0 unspecified atom stereocenters. The largest absolute Gasteiger partial charge is 0.284 e.